The predicted molar refractivity (Wildman–Crippen MR) is 176 cm³/mol. The van der Waals surface area contributed by atoms with E-state index in [2.05, 4.69) is 19.2 Å². The number of amides is 2. The van der Waals surface area contributed by atoms with Crippen molar-refractivity contribution in [3.8, 4) is 0 Å². The monoisotopic (exact) mass is 631 g/mol. The van der Waals surface area contributed by atoms with Gasteiger partial charge in [-0.1, -0.05) is 97.7 Å². The van der Waals surface area contributed by atoms with E-state index in [0.29, 0.717) is 10.7 Å². The second-order valence-corrected chi connectivity index (χ2v) is 13.3. The smallest absolute Gasteiger partial charge is 0.264 e. The molecule has 0 radical (unpaired) electrons. The minimum Gasteiger partial charge on any atom is -0.357 e. The molecule has 0 aliphatic heterocycles. The van der Waals surface area contributed by atoms with Crippen LogP contribution < -0.4 is 9.62 Å². The van der Waals surface area contributed by atoms with Gasteiger partial charge in [0.15, 0.2) is 0 Å². The number of benzene rings is 4. The van der Waals surface area contributed by atoms with Crippen molar-refractivity contribution in [1.82, 2.24) is 10.2 Å². The van der Waals surface area contributed by atoms with Crippen molar-refractivity contribution < 1.29 is 18.0 Å². The summed E-state index contributed by atoms with van der Waals surface area (Å²) in [5, 5.41) is 3.23. The molecule has 4 aromatic carbocycles. The summed E-state index contributed by atoms with van der Waals surface area (Å²) < 4.78 is 29.4. The van der Waals surface area contributed by atoms with Gasteiger partial charge in [-0.15, -0.1) is 0 Å². The highest BCUT2D eigenvalue weighted by atomic mass is 35.5. The maximum absolute atomic E-state index is 14.4. The first-order valence-electron chi connectivity index (χ1n) is 14.5. The number of nitrogens with one attached hydrogen (secondary N) is 1. The van der Waals surface area contributed by atoms with E-state index in [1.807, 2.05) is 49.4 Å². The van der Waals surface area contributed by atoms with Crippen molar-refractivity contribution in [3.05, 3.63) is 130 Å². The molecule has 0 saturated heterocycles. The van der Waals surface area contributed by atoms with E-state index >= 15 is 0 Å². The van der Waals surface area contributed by atoms with E-state index in [9.17, 15) is 18.0 Å². The van der Waals surface area contributed by atoms with Gasteiger partial charge in [-0.3, -0.25) is 13.9 Å². The van der Waals surface area contributed by atoms with Crippen LogP contribution in [0.15, 0.2) is 108 Å². The summed E-state index contributed by atoms with van der Waals surface area (Å²) in [4.78, 5) is 29.3. The lowest BCUT2D eigenvalue weighted by molar-refractivity contribution is -0.139. The van der Waals surface area contributed by atoms with Gasteiger partial charge in [0.05, 0.1) is 10.6 Å². The fourth-order valence-electron chi connectivity index (χ4n) is 4.90. The Labute approximate surface area is 265 Å². The predicted octanol–water partition coefficient (Wildman–Crippen LogP) is 6.35. The molecule has 1 unspecified atom stereocenters. The van der Waals surface area contributed by atoms with E-state index < -0.39 is 28.5 Å². The number of nitrogens with zero attached hydrogens (tertiary/aromatic N) is 2. The minimum absolute atomic E-state index is 0.0697. The Morgan fingerprint density at radius 2 is 1.43 bits per heavy atom. The Hall–Kier alpha value is -4.14. The summed E-state index contributed by atoms with van der Waals surface area (Å²) in [5.74, 6) is -0.632. The van der Waals surface area contributed by atoms with E-state index in [4.69, 9.17) is 11.6 Å². The number of rotatable bonds is 12. The van der Waals surface area contributed by atoms with Gasteiger partial charge in [0.25, 0.3) is 10.0 Å². The third kappa shape index (κ3) is 8.07. The first-order chi connectivity index (χ1) is 21.0. The highest BCUT2D eigenvalue weighted by molar-refractivity contribution is 7.92. The van der Waals surface area contributed by atoms with Crippen LogP contribution in [-0.2, 0) is 32.6 Å². The zero-order chi connectivity index (χ0) is 31.9. The summed E-state index contributed by atoms with van der Waals surface area (Å²) in [6, 6.07) is 29.2. The molecule has 1 N–H and O–H groups in total. The number of aryl methyl sites for hydroxylation is 1. The molecule has 7 nitrogen and oxygen atoms in total. The molecule has 0 aromatic heterocycles. The molecule has 0 spiro atoms. The van der Waals surface area contributed by atoms with Gasteiger partial charge in [0.2, 0.25) is 11.8 Å². The summed E-state index contributed by atoms with van der Waals surface area (Å²) >= 11 is 6.12. The van der Waals surface area contributed by atoms with Crippen LogP contribution in [0.5, 0.6) is 0 Å². The summed E-state index contributed by atoms with van der Waals surface area (Å²) in [5.41, 5.74) is 3.92. The SMILES string of the molecule is CNC(=O)C(Cc1ccccc1)N(Cc1ccc(Cl)cc1)C(=O)CN(c1ccc(C(C)C)cc1)S(=O)(=O)c1ccc(C)cc1. The van der Waals surface area contributed by atoms with Crippen LogP contribution in [0.4, 0.5) is 5.69 Å². The quantitative estimate of drug-likeness (QED) is 0.197. The van der Waals surface area contributed by atoms with E-state index in [1.54, 1.807) is 60.7 Å². The third-order valence-corrected chi connectivity index (χ3v) is 9.56. The first-order valence-corrected chi connectivity index (χ1v) is 16.3. The number of hydrogen-bond donors (Lipinski definition) is 1. The van der Waals surface area contributed by atoms with Crippen molar-refractivity contribution >= 4 is 39.1 Å². The molecular formula is C35H38ClN3O4S. The summed E-state index contributed by atoms with van der Waals surface area (Å²) in [6.45, 7) is 5.56. The lowest BCUT2D eigenvalue weighted by atomic mass is 10.0. The van der Waals surface area contributed by atoms with Crippen LogP contribution in [0.2, 0.25) is 5.02 Å². The number of carbonyl (C=O) groups is 2. The second-order valence-electron chi connectivity index (χ2n) is 11.0. The molecule has 1 atom stereocenters. The largest absolute Gasteiger partial charge is 0.357 e. The van der Waals surface area contributed by atoms with Gasteiger partial charge in [0, 0.05) is 25.0 Å². The van der Waals surface area contributed by atoms with E-state index in [-0.39, 0.29) is 29.7 Å². The van der Waals surface area contributed by atoms with Crippen molar-refractivity contribution in [3.63, 3.8) is 0 Å². The van der Waals surface area contributed by atoms with Crippen LogP contribution in [0.25, 0.3) is 0 Å². The highest BCUT2D eigenvalue weighted by Gasteiger charge is 2.34. The molecule has 0 aliphatic carbocycles. The topological polar surface area (TPSA) is 86.8 Å². The zero-order valence-electron chi connectivity index (χ0n) is 25.4. The molecule has 9 heteroatoms. The fraction of sp³-hybridized carbons (Fsp3) is 0.257. The Balaban J connectivity index is 1.79. The molecule has 230 valence electrons. The van der Waals surface area contributed by atoms with Crippen molar-refractivity contribution in [2.24, 2.45) is 0 Å². The van der Waals surface area contributed by atoms with Crippen molar-refractivity contribution in [1.29, 1.82) is 0 Å². The van der Waals surface area contributed by atoms with Crippen LogP contribution >= 0.6 is 11.6 Å². The molecular weight excluding hydrogens is 594 g/mol. The van der Waals surface area contributed by atoms with Crippen molar-refractivity contribution in [2.75, 3.05) is 17.9 Å². The maximum atomic E-state index is 14.4. The van der Waals surface area contributed by atoms with Crippen LogP contribution in [0.1, 0.15) is 42.0 Å². The Morgan fingerprint density at radius 1 is 0.818 bits per heavy atom. The van der Waals surface area contributed by atoms with Crippen molar-refractivity contribution in [2.45, 2.75) is 50.6 Å². The molecule has 0 aliphatic rings. The number of carbonyl (C=O) groups excluding carboxylic acids is 2. The number of anilines is 1. The third-order valence-electron chi connectivity index (χ3n) is 7.52. The number of halogens is 1. The number of likely N-dealkylation sites (N-methyl/N-ethyl adjacent to an activating group) is 1. The number of sulfonamides is 1. The minimum atomic E-state index is -4.15. The fourth-order valence-corrected chi connectivity index (χ4v) is 6.44. The van der Waals surface area contributed by atoms with E-state index in [0.717, 1.165) is 26.6 Å². The van der Waals surface area contributed by atoms with Gasteiger partial charge in [0.1, 0.15) is 12.6 Å². The molecule has 44 heavy (non-hydrogen) atoms. The normalized spacial score (nSPS) is 12.0. The summed E-state index contributed by atoms with van der Waals surface area (Å²) in [6.07, 6.45) is 0.244. The van der Waals surface area contributed by atoms with Gasteiger partial charge in [-0.05, 0) is 65.9 Å². The lowest BCUT2D eigenvalue weighted by Gasteiger charge is -2.33. The molecule has 0 heterocycles. The van der Waals surface area contributed by atoms with Crippen LogP contribution in [0.3, 0.4) is 0 Å². The lowest BCUT2D eigenvalue weighted by Crippen LogP contribution is -2.53. The van der Waals surface area contributed by atoms with Gasteiger partial charge in [-0.25, -0.2) is 8.42 Å². The molecule has 4 aromatic rings. The average molecular weight is 632 g/mol. The number of hydrogen-bond acceptors (Lipinski definition) is 4. The molecule has 0 bridgehead atoms. The van der Waals surface area contributed by atoms with Crippen LogP contribution in [0, 0.1) is 6.92 Å². The standard InChI is InChI=1S/C35H38ClN3O4S/c1-25(2)29-14-18-31(19-15-29)39(44(42,43)32-20-10-26(3)11-21-32)24-34(40)38(23-28-12-16-30(36)17-13-28)33(35(41)37-4)22-27-8-6-5-7-9-27/h5-21,25,33H,22-24H2,1-4H3,(H,37,41). The highest BCUT2D eigenvalue weighted by Crippen LogP contribution is 2.27. The van der Waals surface area contributed by atoms with Crippen LogP contribution in [-0.4, -0.2) is 44.8 Å². The maximum Gasteiger partial charge on any atom is 0.264 e. The molecule has 0 fully saturated rings. The molecule has 4 rings (SSSR count). The Bertz CT molecular complexity index is 1660. The van der Waals surface area contributed by atoms with Gasteiger partial charge in [-0.2, -0.15) is 0 Å². The molecule has 2 amide bonds. The second kappa shape index (κ2) is 14.6. The van der Waals surface area contributed by atoms with Gasteiger partial charge >= 0.3 is 0 Å². The van der Waals surface area contributed by atoms with E-state index in [1.165, 1.54) is 11.9 Å². The summed E-state index contributed by atoms with van der Waals surface area (Å²) in [7, 11) is -2.63. The van der Waals surface area contributed by atoms with Gasteiger partial charge < -0.3 is 10.2 Å². The zero-order valence-corrected chi connectivity index (χ0v) is 27.0. The Morgan fingerprint density at radius 3 is 2.00 bits per heavy atom. The molecule has 0 saturated carbocycles. The average Bonchev–Trinajstić information content (AvgIpc) is 3.02. The first kappa shape index (κ1) is 32.8. The Kier molecular flexibility index (Phi) is 10.8.